The van der Waals surface area contributed by atoms with Crippen LogP contribution in [0.15, 0.2) is 53.0 Å². The Labute approximate surface area is 138 Å². The molecule has 6 heteroatoms. The highest BCUT2D eigenvalue weighted by molar-refractivity contribution is 8.01. The first kappa shape index (κ1) is 15.0. The molecule has 0 radical (unpaired) electrons. The van der Waals surface area contributed by atoms with Crippen molar-refractivity contribution in [2.24, 2.45) is 0 Å². The lowest BCUT2D eigenvalue weighted by Crippen LogP contribution is -1.91. The van der Waals surface area contributed by atoms with Crippen molar-refractivity contribution in [2.45, 2.75) is 17.7 Å². The van der Waals surface area contributed by atoms with Crippen LogP contribution in [0.3, 0.4) is 0 Å². The van der Waals surface area contributed by atoms with Crippen LogP contribution in [-0.2, 0) is 6.42 Å². The van der Waals surface area contributed by atoms with Crippen molar-refractivity contribution in [3.8, 4) is 0 Å². The van der Waals surface area contributed by atoms with Gasteiger partial charge in [0.05, 0.1) is 0 Å². The lowest BCUT2D eigenvalue weighted by molar-refractivity contribution is 1.00. The highest BCUT2D eigenvalue weighted by atomic mass is 32.2. The van der Waals surface area contributed by atoms with E-state index in [-0.39, 0.29) is 0 Å². The molecule has 112 valence electrons. The Morgan fingerprint density at radius 1 is 1.09 bits per heavy atom. The van der Waals surface area contributed by atoms with Crippen LogP contribution in [0.1, 0.15) is 11.3 Å². The Hall–Kier alpha value is -1.92. The van der Waals surface area contributed by atoms with E-state index in [1.54, 1.807) is 23.1 Å². The van der Waals surface area contributed by atoms with Crippen molar-refractivity contribution in [1.29, 1.82) is 0 Å². The average molecular weight is 328 g/mol. The van der Waals surface area contributed by atoms with E-state index in [9.17, 15) is 0 Å². The zero-order valence-electron chi connectivity index (χ0n) is 12.2. The predicted octanol–water partition coefficient (Wildman–Crippen LogP) is 4.32. The van der Waals surface area contributed by atoms with E-state index in [1.165, 1.54) is 5.56 Å². The summed E-state index contributed by atoms with van der Waals surface area (Å²) in [5.74, 6) is 0.955. The third kappa shape index (κ3) is 4.29. The number of rotatable bonds is 6. The molecule has 0 bridgehead atoms. The molecule has 0 aliphatic carbocycles. The summed E-state index contributed by atoms with van der Waals surface area (Å²) in [6, 6.07) is 14.2. The van der Waals surface area contributed by atoms with Crippen molar-refractivity contribution in [3.05, 3.63) is 59.9 Å². The van der Waals surface area contributed by atoms with Crippen molar-refractivity contribution in [3.63, 3.8) is 0 Å². The highest BCUT2D eigenvalue weighted by Crippen LogP contribution is 2.28. The molecule has 0 atom stereocenters. The summed E-state index contributed by atoms with van der Waals surface area (Å²) in [6.07, 6.45) is 2.76. The zero-order chi connectivity index (χ0) is 15.2. The number of thioether (sulfide) groups is 1. The lowest BCUT2D eigenvalue weighted by Gasteiger charge is -2.01. The van der Waals surface area contributed by atoms with Crippen LogP contribution >= 0.6 is 23.1 Å². The smallest absolute Gasteiger partial charge is 0.210 e. The number of aromatic nitrogens is 3. The topological polar surface area (TPSA) is 50.7 Å². The van der Waals surface area contributed by atoms with E-state index >= 15 is 0 Å². The molecule has 0 aliphatic rings. The first-order valence-corrected chi connectivity index (χ1v) is 8.80. The molecule has 0 saturated carbocycles. The van der Waals surface area contributed by atoms with Gasteiger partial charge in [0.1, 0.15) is 0 Å². The number of nitrogens with one attached hydrogen (secondary N) is 1. The molecule has 22 heavy (non-hydrogen) atoms. The second-order valence-corrected chi connectivity index (χ2v) is 7.10. The fraction of sp³-hybridized carbons (Fsp3) is 0.188. The lowest BCUT2D eigenvalue weighted by atomic mass is 10.2. The van der Waals surface area contributed by atoms with Gasteiger partial charge in [0.15, 0.2) is 4.34 Å². The molecule has 1 aromatic carbocycles. The van der Waals surface area contributed by atoms with Gasteiger partial charge in [0.25, 0.3) is 0 Å². The largest absolute Gasteiger partial charge is 0.330 e. The van der Waals surface area contributed by atoms with Crippen LogP contribution in [-0.4, -0.2) is 20.9 Å². The maximum Gasteiger partial charge on any atom is 0.210 e. The van der Waals surface area contributed by atoms with Gasteiger partial charge in [-0.3, -0.25) is 4.98 Å². The minimum atomic E-state index is 0.823. The summed E-state index contributed by atoms with van der Waals surface area (Å²) in [5.41, 5.74) is 3.39. The summed E-state index contributed by atoms with van der Waals surface area (Å²) in [6.45, 7) is 2.07. The van der Waals surface area contributed by atoms with Gasteiger partial charge in [0, 0.05) is 23.3 Å². The minimum Gasteiger partial charge on any atom is -0.330 e. The minimum absolute atomic E-state index is 0.823. The van der Waals surface area contributed by atoms with Gasteiger partial charge in [-0.15, -0.1) is 10.2 Å². The van der Waals surface area contributed by atoms with Crippen LogP contribution in [0.5, 0.6) is 0 Å². The molecular formula is C16H16N4S2. The van der Waals surface area contributed by atoms with Gasteiger partial charge < -0.3 is 5.32 Å². The van der Waals surface area contributed by atoms with Gasteiger partial charge in [-0.05, 0) is 37.6 Å². The quantitative estimate of drug-likeness (QED) is 0.683. The van der Waals surface area contributed by atoms with Gasteiger partial charge in [-0.1, -0.05) is 46.9 Å². The molecule has 3 aromatic rings. The fourth-order valence-corrected chi connectivity index (χ4v) is 3.67. The van der Waals surface area contributed by atoms with Gasteiger partial charge >= 0.3 is 0 Å². The maximum atomic E-state index is 4.32. The van der Waals surface area contributed by atoms with E-state index in [4.69, 9.17) is 0 Å². The predicted molar refractivity (Wildman–Crippen MR) is 93.0 cm³/mol. The zero-order valence-corrected chi connectivity index (χ0v) is 13.8. The number of pyridine rings is 1. The molecule has 0 aliphatic heterocycles. The standard InChI is InChI=1S/C16H16N4S2/c1-12-5-7-14(8-6-12)18-15-19-20-16(22-15)21-11-9-13-4-2-3-10-17-13/h2-8,10H,9,11H2,1H3,(H,18,19). The molecule has 2 heterocycles. The second kappa shape index (κ2) is 7.38. The normalized spacial score (nSPS) is 10.6. The number of hydrogen-bond acceptors (Lipinski definition) is 6. The van der Waals surface area contributed by atoms with Gasteiger partial charge in [-0.25, -0.2) is 0 Å². The molecule has 0 saturated heterocycles. The summed E-state index contributed by atoms with van der Waals surface area (Å²) >= 11 is 3.29. The van der Waals surface area contributed by atoms with Gasteiger partial charge in [0.2, 0.25) is 5.13 Å². The molecule has 3 rings (SSSR count). The van der Waals surface area contributed by atoms with E-state index in [1.807, 2.05) is 36.5 Å². The first-order valence-electron chi connectivity index (χ1n) is 6.99. The van der Waals surface area contributed by atoms with Crippen molar-refractivity contribution < 1.29 is 0 Å². The summed E-state index contributed by atoms with van der Waals surface area (Å²) in [7, 11) is 0. The molecule has 2 aromatic heterocycles. The maximum absolute atomic E-state index is 4.32. The van der Waals surface area contributed by atoms with Crippen LogP contribution < -0.4 is 5.32 Å². The fourth-order valence-electron chi connectivity index (χ4n) is 1.87. The second-order valence-electron chi connectivity index (χ2n) is 4.78. The summed E-state index contributed by atoms with van der Waals surface area (Å²) < 4.78 is 0.977. The third-order valence-corrected chi connectivity index (χ3v) is 4.99. The summed E-state index contributed by atoms with van der Waals surface area (Å²) in [5, 5.41) is 12.5. The number of hydrogen-bond donors (Lipinski definition) is 1. The third-order valence-electron chi connectivity index (χ3n) is 3.02. The van der Waals surface area contributed by atoms with Crippen LogP contribution in [0, 0.1) is 6.92 Å². The van der Waals surface area contributed by atoms with Crippen LogP contribution in [0.25, 0.3) is 0 Å². The number of aryl methyl sites for hydroxylation is 2. The number of nitrogens with zero attached hydrogens (tertiary/aromatic N) is 3. The highest BCUT2D eigenvalue weighted by Gasteiger charge is 2.05. The van der Waals surface area contributed by atoms with Crippen LogP contribution in [0.2, 0.25) is 0 Å². The van der Waals surface area contributed by atoms with E-state index < -0.39 is 0 Å². The average Bonchev–Trinajstić information content (AvgIpc) is 2.98. The van der Waals surface area contributed by atoms with Crippen molar-refractivity contribution >= 4 is 33.9 Å². The Morgan fingerprint density at radius 3 is 2.73 bits per heavy atom. The van der Waals surface area contributed by atoms with E-state index in [0.29, 0.717) is 0 Å². The molecule has 0 spiro atoms. The number of anilines is 2. The Kier molecular flexibility index (Phi) is 5.03. The molecule has 0 unspecified atom stereocenters. The van der Waals surface area contributed by atoms with Crippen molar-refractivity contribution in [2.75, 3.05) is 11.1 Å². The SMILES string of the molecule is Cc1ccc(Nc2nnc(SCCc3ccccn3)s2)cc1. The van der Waals surface area contributed by atoms with Crippen molar-refractivity contribution in [1.82, 2.24) is 15.2 Å². The molecule has 0 fully saturated rings. The first-order chi connectivity index (χ1) is 10.8. The van der Waals surface area contributed by atoms with E-state index in [2.05, 4.69) is 39.6 Å². The molecule has 0 amide bonds. The van der Waals surface area contributed by atoms with E-state index in [0.717, 1.165) is 33.0 Å². The van der Waals surface area contributed by atoms with Crippen LogP contribution in [0.4, 0.5) is 10.8 Å². The Bertz CT molecular complexity index is 711. The Balaban J connectivity index is 1.51. The molecule has 1 N–H and O–H groups in total. The Morgan fingerprint density at radius 2 is 1.95 bits per heavy atom. The molecule has 4 nitrogen and oxygen atoms in total. The van der Waals surface area contributed by atoms with Gasteiger partial charge in [-0.2, -0.15) is 0 Å². The number of benzene rings is 1. The monoisotopic (exact) mass is 328 g/mol. The summed E-state index contributed by atoms with van der Waals surface area (Å²) in [4.78, 5) is 4.32. The molecular weight excluding hydrogens is 312 g/mol.